The van der Waals surface area contributed by atoms with Crippen LogP contribution in [0.1, 0.15) is 22.8 Å². The van der Waals surface area contributed by atoms with E-state index in [1.807, 2.05) is 67.8 Å². The van der Waals surface area contributed by atoms with Gasteiger partial charge in [0.2, 0.25) is 0 Å². The number of nitrogens with one attached hydrogen (secondary N) is 2. The van der Waals surface area contributed by atoms with Crippen LogP contribution >= 0.6 is 11.8 Å². The summed E-state index contributed by atoms with van der Waals surface area (Å²) in [5.41, 5.74) is 2.04. The monoisotopic (exact) mass is 432 g/mol. The number of ether oxygens (including phenoxy) is 1. The molecule has 0 saturated heterocycles. The van der Waals surface area contributed by atoms with E-state index in [2.05, 4.69) is 10.6 Å². The van der Waals surface area contributed by atoms with Gasteiger partial charge in [-0.05, 0) is 67.3 Å². The molecule has 158 valence electrons. The molecule has 0 spiro atoms. The molecule has 2 N–H and O–H groups in total. The quantitative estimate of drug-likeness (QED) is 0.378. The van der Waals surface area contributed by atoms with Crippen LogP contribution in [0, 0.1) is 0 Å². The summed E-state index contributed by atoms with van der Waals surface area (Å²) >= 11 is 1.59. The Bertz CT molecular complexity index is 1060. The van der Waals surface area contributed by atoms with Gasteiger partial charge in [-0.25, -0.2) is 0 Å². The highest BCUT2D eigenvalue weighted by Crippen LogP contribution is 2.20. The lowest BCUT2D eigenvalue weighted by Gasteiger charge is -2.12. The van der Waals surface area contributed by atoms with E-state index in [4.69, 9.17) is 4.74 Å². The van der Waals surface area contributed by atoms with Gasteiger partial charge in [0.15, 0.2) is 0 Å². The summed E-state index contributed by atoms with van der Waals surface area (Å²) in [6, 6.07) is 23.6. The molecule has 0 fully saturated rings. The van der Waals surface area contributed by atoms with Crippen molar-refractivity contribution in [1.82, 2.24) is 5.32 Å². The first-order valence-electron chi connectivity index (χ1n) is 9.85. The van der Waals surface area contributed by atoms with Crippen molar-refractivity contribution in [2.45, 2.75) is 11.8 Å². The van der Waals surface area contributed by atoms with Crippen molar-refractivity contribution in [3.8, 4) is 5.75 Å². The van der Waals surface area contributed by atoms with Crippen molar-refractivity contribution < 1.29 is 14.3 Å². The Morgan fingerprint density at radius 3 is 2.39 bits per heavy atom. The van der Waals surface area contributed by atoms with Crippen LogP contribution in [0.5, 0.6) is 5.75 Å². The van der Waals surface area contributed by atoms with E-state index in [1.165, 1.54) is 0 Å². The average molecular weight is 433 g/mol. The molecular weight excluding hydrogens is 408 g/mol. The minimum atomic E-state index is -0.406. The van der Waals surface area contributed by atoms with Gasteiger partial charge in [0, 0.05) is 16.1 Å². The molecule has 0 atom stereocenters. The Kier molecular flexibility index (Phi) is 7.90. The molecule has 3 aromatic rings. The second-order valence-corrected chi connectivity index (χ2v) is 7.45. The van der Waals surface area contributed by atoms with Gasteiger partial charge in [0.05, 0.1) is 6.61 Å². The highest BCUT2D eigenvalue weighted by molar-refractivity contribution is 7.98. The summed E-state index contributed by atoms with van der Waals surface area (Å²) in [7, 11) is 0. The lowest BCUT2D eigenvalue weighted by molar-refractivity contribution is -0.113. The molecule has 3 rings (SSSR count). The number of carbonyl (C=O) groups is 2. The SMILES string of the molecule is CCOc1ccc(/C=C(/NC(=O)c2ccccc2)C(=O)Nc2cccc(SC)c2)cc1. The smallest absolute Gasteiger partial charge is 0.272 e. The Labute approximate surface area is 186 Å². The van der Waals surface area contributed by atoms with E-state index >= 15 is 0 Å². The molecule has 0 radical (unpaired) electrons. The molecule has 0 saturated carbocycles. The molecule has 0 heterocycles. The van der Waals surface area contributed by atoms with Gasteiger partial charge in [-0.15, -0.1) is 11.8 Å². The predicted octanol–water partition coefficient (Wildman–Crippen LogP) is 5.22. The third-order valence-electron chi connectivity index (χ3n) is 4.36. The van der Waals surface area contributed by atoms with Crippen molar-refractivity contribution in [3.63, 3.8) is 0 Å². The fourth-order valence-corrected chi connectivity index (χ4v) is 3.29. The number of benzene rings is 3. The van der Waals surface area contributed by atoms with Crippen molar-refractivity contribution in [1.29, 1.82) is 0 Å². The first-order valence-corrected chi connectivity index (χ1v) is 11.1. The molecule has 3 aromatic carbocycles. The van der Waals surface area contributed by atoms with E-state index in [0.717, 1.165) is 16.2 Å². The molecule has 0 aliphatic carbocycles. The van der Waals surface area contributed by atoms with Gasteiger partial charge in [0.25, 0.3) is 11.8 Å². The topological polar surface area (TPSA) is 67.4 Å². The number of thioether (sulfide) groups is 1. The van der Waals surface area contributed by atoms with Crippen LogP contribution in [0.3, 0.4) is 0 Å². The third-order valence-corrected chi connectivity index (χ3v) is 5.08. The highest BCUT2D eigenvalue weighted by atomic mass is 32.2. The maximum absolute atomic E-state index is 13.0. The largest absolute Gasteiger partial charge is 0.494 e. The number of anilines is 1. The predicted molar refractivity (Wildman–Crippen MR) is 126 cm³/mol. The lowest BCUT2D eigenvalue weighted by atomic mass is 10.1. The van der Waals surface area contributed by atoms with E-state index in [9.17, 15) is 9.59 Å². The summed E-state index contributed by atoms with van der Waals surface area (Å²) in [5, 5.41) is 5.61. The zero-order chi connectivity index (χ0) is 22.1. The molecule has 0 aromatic heterocycles. The van der Waals surface area contributed by atoms with E-state index < -0.39 is 5.91 Å². The summed E-state index contributed by atoms with van der Waals surface area (Å²) in [4.78, 5) is 26.7. The Morgan fingerprint density at radius 2 is 1.71 bits per heavy atom. The molecule has 0 aliphatic rings. The maximum atomic E-state index is 13.0. The van der Waals surface area contributed by atoms with Crippen molar-refractivity contribution in [2.24, 2.45) is 0 Å². The van der Waals surface area contributed by atoms with E-state index in [0.29, 0.717) is 17.9 Å². The van der Waals surface area contributed by atoms with Crippen LogP contribution in [0.15, 0.2) is 89.5 Å². The standard InChI is InChI=1S/C25H24N2O3S/c1-3-30-21-14-12-18(13-15-21)16-23(27-24(28)19-8-5-4-6-9-19)25(29)26-20-10-7-11-22(17-20)31-2/h4-17H,3H2,1-2H3,(H,26,29)(H,27,28)/b23-16+. The minimum absolute atomic E-state index is 0.146. The average Bonchev–Trinajstić information content (AvgIpc) is 2.80. The van der Waals surface area contributed by atoms with Crippen LogP contribution < -0.4 is 15.4 Å². The summed E-state index contributed by atoms with van der Waals surface area (Å²) in [6.45, 7) is 2.49. The second-order valence-electron chi connectivity index (χ2n) is 6.57. The lowest BCUT2D eigenvalue weighted by Crippen LogP contribution is -2.30. The summed E-state index contributed by atoms with van der Waals surface area (Å²) in [5.74, 6) is -0.0185. The van der Waals surface area contributed by atoms with E-state index in [1.54, 1.807) is 42.1 Å². The fraction of sp³-hybridized carbons (Fsp3) is 0.120. The second kappa shape index (κ2) is 11.0. The molecule has 0 aliphatic heterocycles. The van der Waals surface area contributed by atoms with E-state index in [-0.39, 0.29) is 11.6 Å². The Morgan fingerprint density at radius 1 is 0.968 bits per heavy atom. The number of amides is 2. The van der Waals surface area contributed by atoms with Crippen LogP contribution in [0.2, 0.25) is 0 Å². The fourth-order valence-electron chi connectivity index (χ4n) is 2.84. The number of carbonyl (C=O) groups excluding carboxylic acids is 2. The molecule has 2 amide bonds. The van der Waals surface area contributed by atoms with Crippen molar-refractivity contribution in [2.75, 3.05) is 18.2 Å². The number of hydrogen-bond donors (Lipinski definition) is 2. The maximum Gasteiger partial charge on any atom is 0.272 e. The Balaban J connectivity index is 1.86. The molecule has 31 heavy (non-hydrogen) atoms. The first-order chi connectivity index (χ1) is 15.1. The third kappa shape index (κ3) is 6.49. The molecule has 0 bridgehead atoms. The molecule has 6 heteroatoms. The summed E-state index contributed by atoms with van der Waals surface area (Å²) in [6.07, 6.45) is 3.61. The van der Waals surface area contributed by atoms with Gasteiger partial charge in [0.1, 0.15) is 11.4 Å². The van der Waals surface area contributed by atoms with Gasteiger partial charge in [-0.1, -0.05) is 36.4 Å². The first kappa shape index (κ1) is 22.2. The number of rotatable bonds is 8. The molecule has 5 nitrogen and oxygen atoms in total. The van der Waals surface area contributed by atoms with Gasteiger partial charge >= 0.3 is 0 Å². The minimum Gasteiger partial charge on any atom is -0.494 e. The van der Waals surface area contributed by atoms with Crippen molar-refractivity contribution >= 4 is 35.3 Å². The zero-order valence-corrected chi connectivity index (χ0v) is 18.2. The molecule has 0 unspecified atom stereocenters. The van der Waals surface area contributed by atoms with Crippen LogP contribution in [0.4, 0.5) is 5.69 Å². The van der Waals surface area contributed by atoms with Gasteiger partial charge in [-0.3, -0.25) is 9.59 Å². The van der Waals surface area contributed by atoms with Crippen LogP contribution in [-0.4, -0.2) is 24.7 Å². The Hall–Kier alpha value is -3.51. The van der Waals surface area contributed by atoms with Crippen LogP contribution in [0.25, 0.3) is 6.08 Å². The number of hydrogen-bond acceptors (Lipinski definition) is 4. The van der Waals surface area contributed by atoms with Crippen molar-refractivity contribution in [3.05, 3.63) is 95.7 Å². The summed E-state index contributed by atoms with van der Waals surface area (Å²) < 4.78 is 5.46. The van der Waals surface area contributed by atoms with Gasteiger partial charge in [-0.2, -0.15) is 0 Å². The normalized spacial score (nSPS) is 11.0. The highest BCUT2D eigenvalue weighted by Gasteiger charge is 2.15. The van der Waals surface area contributed by atoms with Crippen LogP contribution in [-0.2, 0) is 4.79 Å². The molecular formula is C25H24N2O3S. The van der Waals surface area contributed by atoms with Gasteiger partial charge < -0.3 is 15.4 Å². The zero-order valence-electron chi connectivity index (χ0n) is 17.4.